The zero-order chi connectivity index (χ0) is 12.3. The monoisotopic (exact) mass is 235 g/mol. The fourth-order valence-electron chi connectivity index (χ4n) is 2.29. The molecule has 0 fully saturated rings. The number of nitrogen functional groups attached to an aromatic ring is 1. The van der Waals surface area contributed by atoms with Crippen LogP contribution in [0.4, 0.5) is 5.82 Å². The maximum atomic E-state index is 7.58. The van der Waals surface area contributed by atoms with Crippen molar-refractivity contribution in [3.8, 4) is 0 Å². The lowest BCUT2D eigenvalue weighted by molar-refractivity contribution is 0.732. The van der Waals surface area contributed by atoms with Gasteiger partial charge in [0.25, 0.3) is 0 Å². The van der Waals surface area contributed by atoms with Gasteiger partial charge in [-0.25, -0.2) is 0 Å². The van der Waals surface area contributed by atoms with E-state index in [1.165, 1.54) is 18.4 Å². The molecule has 0 aromatic carbocycles. The molecule has 1 aromatic rings. The number of aromatic nitrogens is 2. The first kappa shape index (κ1) is 12.0. The summed E-state index contributed by atoms with van der Waals surface area (Å²) in [6.45, 7) is 3.12. The number of hydrogen-bond donors (Lipinski definition) is 3. The molecule has 0 spiro atoms. The van der Waals surface area contributed by atoms with Crippen LogP contribution in [0.25, 0.3) is 0 Å². The van der Waals surface area contributed by atoms with Crippen molar-refractivity contribution < 1.29 is 0 Å². The van der Waals surface area contributed by atoms with Gasteiger partial charge in [-0.1, -0.05) is 13.3 Å². The van der Waals surface area contributed by atoms with Crippen LogP contribution in [0.15, 0.2) is 0 Å². The molecule has 1 aliphatic rings. The molecule has 17 heavy (non-hydrogen) atoms. The van der Waals surface area contributed by atoms with Crippen LogP contribution in [-0.4, -0.2) is 22.3 Å². The zero-order valence-corrected chi connectivity index (χ0v) is 10.4. The van der Waals surface area contributed by atoms with Crippen molar-refractivity contribution in [2.75, 3.05) is 11.9 Å². The Morgan fingerprint density at radius 1 is 1.53 bits per heavy atom. The maximum absolute atomic E-state index is 7.58. The number of nitrogens with two attached hydrogens (primary N) is 1. The standard InChI is InChI=1S/C12H21N5/c1-2-3-7-10-9-6-4-5-8-15-11(9)17(16-10)12(13)14/h15H,2-8H2,1H3,(H3,13,14). The summed E-state index contributed by atoms with van der Waals surface area (Å²) >= 11 is 0. The quantitative estimate of drug-likeness (QED) is 0.551. The fraction of sp³-hybridized carbons (Fsp3) is 0.667. The van der Waals surface area contributed by atoms with Gasteiger partial charge in [0.2, 0.25) is 5.96 Å². The number of fused-ring (bicyclic) bond motifs is 1. The normalized spacial score (nSPS) is 14.9. The maximum Gasteiger partial charge on any atom is 0.215 e. The van der Waals surface area contributed by atoms with Crippen LogP contribution in [0.5, 0.6) is 0 Å². The van der Waals surface area contributed by atoms with Crippen LogP contribution in [0.2, 0.25) is 0 Å². The Hall–Kier alpha value is -1.52. The molecule has 5 nitrogen and oxygen atoms in total. The van der Waals surface area contributed by atoms with Gasteiger partial charge in [0.05, 0.1) is 5.69 Å². The third-order valence-electron chi connectivity index (χ3n) is 3.21. The number of aryl methyl sites for hydroxylation is 1. The molecule has 0 bridgehead atoms. The lowest BCUT2D eigenvalue weighted by atomic mass is 10.1. The van der Waals surface area contributed by atoms with Crippen molar-refractivity contribution in [3.05, 3.63) is 11.3 Å². The molecule has 2 heterocycles. The first-order valence-corrected chi connectivity index (χ1v) is 6.43. The average Bonchev–Trinajstić information content (AvgIpc) is 2.49. The minimum Gasteiger partial charge on any atom is -0.370 e. The fourth-order valence-corrected chi connectivity index (χ4v) is 2.29. The van der Waals surface area contributed by atoms with Crippen LogP contribution < -0.4 is 11.1 Å². The van der Waals surface area contributed by atoms with E-state index >= 15 is 0 Å². The summed E-state index contributed by atoms with van der Waals surface area (Å²) in [5.41, 5.74) is 7.96. The second-order valence-corrected chi connectivity index (χ2v) is 4.56. The molecular weight excluding hydrogens is 214 g/mol. The second-order valence-electron chi connectivity index (χ2n) is 4.56. The number of rotatable bonds is 3. The molecule has 94 valence electrons. The third-order valence-corrected chi connectivity index (χ3v) is 3.21. The van der Waals surface area contributed by atoms with Gasteiger partial charge in [-0.05, 0) is 32.1 Å². The van der Waals surface area contributed by atoms with E-state index in [2.05, 4.69) is 17.3 Å². The van der Waals surface area contributed by atoms with Crippen molar-refractivity contribution in [1.29, 1.82) is 5.41 Å². The van der Waals surface area contributed by atoms with E-state index in [1.807, 2.05) is 0 Å². The van der Waals surface area contributed by atoms with E-state index in [4.69, 9.17) is 11.1 Å². The summed E-state index contributed by atoms with van der Waals surface area (Å²) in [6.07, 6.45) is 6.69. The van der Waals surface area contributed by atoms with E-state index in [-0.39, 0.29) is 5.96 Å². The van der Waals surface area contributed by atoms with Crippen molar-refractivity contribution in [3.63, 3.8) is 0 Å². The molecule has 0 unspecified atom stereocenters. The molecule has 0 amide bonds. The van der Waals surface area contributed by atoms with E-state index in [9.17, 15) is 0 Å². The number of unbranched alkanes of at least 4 members (excludes halogenated alkanes) is 1. The van der Waals surface area contributed by atoms with Gasteiger partial charge >= 0.3 is 0 Å². The molecule has 0 aliphatic carbocycles. The SMILES string of the molecule is CCCCc1nn(C(=N)N)c2c1CCCCN2. The van der Waals surface area contributed by atoms with Crippen molar-refractivity contribution in [1.82, 2.24) is 9.78 Å². The van der Waals surface area contributed by atoms with Gasteiger partial charge in [-0.3, -0.25) is 5.41 Å². The van der Waals surface area contributed by atoms with Crippen LogP contribution >= 0.6 is 0 Å². The Kier molecular flexibility index (Phi) is 3.66. The highest BCUT2D eigenvalue weighted by molar-refractivity contribution is 5.81. The van der Waals surface area contributed by atoms with Crippen molar-refractivity contribution in [2.24, 2.45) is 5.73 Å². The van der Waals surface area contributed by atoms with Gasteiger partial charge in [0, 0.05) is 12.1 Å². The molecule has 5 heteroatoms. The van der Waals surface area contributed by atoms with E-state index < -0.39 is 0 Å². The summed E-state index contributed by atoms with van der Waals surface area (Å²) in [7, 11) is 0. The number of hydrogen-bond acceptors (Lipinski definition) is 3. The van der Waals surface area contributed by atoms with Crippen LogP contribution in [0.1, 0.15) is 43.9 Å². The molecule has 0 saturated carbocycles. The highest BCUT2D eigenvalue weighted by atomic mass is 15.4. The van der Waals surface area contributed by atoms with Gasteiger partial charge in [-0.15, -0.1) is 0 Å². The number of nitrogens with zero attached hydrogens (tertiary/aromatic N) is 2. The Morgan fingerprint density at radius 2 is 2.35 bits per heavy atom. The smallest absolute Gasteiger partial charge is 0.215 e. The Morgan fingerprint density at radius 3 is 3.06 bits per heavy atom. The van der Waals surface area contributed by atoms with E-state index in [1.54, 1.807) is 4.68 Å². The van der Waals surface area contributed by atoms with Crippen molar-refractivity contribution in [2.45, 2.75) is 45.4 Å². The molecule has 1 aliphatic heterocycles. The lowest BCUT2D eigenvalue weighted by Crippen LogP contribution is -2.24. The van der Waals surface area contributed by atoms with Gasteiger partial charge < -0.3 is 11.1 Å². The third kappa shape index (κ3) is 2.43. The zero-order valence-electron chi connectivity index (χ0n) is 10.4. The summed E-state index contributed by atoms with van der Waals surface area (Å²) in [6, 6.07) is 0. The van der Waals surface area contributed by atoms with Gasteiger partial charge in [0.1, 0.15) is 5.82 Å². The van der Waals surface area contributed by atoms with E-state index in [0.717, 1.165) is 43.7 Å². The average molecular weight is 235 g/mol. The molecule has 0 atom stereocenters. The summed E-state index contributed by atoms with van der Waals surface area (Å²) in [4.78, 5) is 0. The minimum atomic E-state index is -0.00148. The van der Waals surface area contributed by atoms with Crippen LogP contribution in [0.3, 0.4) is 0 Å². The first-order valence-electron chi connectivity index (χ1n) is 6.43. The Balaban J connectivity index is 2.35. The second kappa shape index (κ2) is 5.21. The molecule has 1 aromatic heterocycles. The Bertz CT molecular complexity index is 407. The van der Waals surface area contributed by atoms with Crippen LogP contribution in [-0.2, 0) is 12.8 Å². The highest BCUT2D eigenvalue weighted by Crippen LogP contribution is 2.25. The largest absolute Gasteiger partial charge is 0.370 e. The number of nitrogens with one attached hydrogen (secondary N) is 2. The molecule has 0 saturated heterocycles. The lowest BCUT2D eigenvalue weighted by Gasteiger charge is -2.06. The molecule has 2 rings (SSSR count). The van der Waals surface area contributed by atoms with Crippen molar-refractivity contribution >= 4 is 11.8 Å². The summed E-state index contributed by atoms with van der Waals surface area (Å²) in [5.74, 6) is 0.944. The predicted octanol–water partition coefficient (Wildman–Crippen LogP) is 1.72. The highest BCUT2D eigenvalue weighted by Gasteiger charge is 2.20. The predicted molar refractivity (Wildman–Crippen MR) is 69.6 cm³/mol. The van der Waals surface area contributed by atoms with Gasteiger partial charge in [0.15, 0.2) is 0 Å². The topological polar surface area (TPSA) is 79.7 Å². The molecular formula is C12H21N5. The Labute approximate surface area is 102 Å². The number of anilines is 1. The van der Waals surface area contributed by atoms with Gasteiger partial charge in [-0.2, -0.15) is 9.78 Å². The minimum absolute atomic E-state index is 0.00148. The molecule has 4 N–H and O–H groups in total. The summed E-state index contributed by atoms with van der Waals surface area (Å²) in [5, 5.41) is 15.4. The summed E-state index contributed by atoms with van der Waals surface area (Å²) < 4.78 is 1.55. The first-order chi connectivity index (χ1) is 8.24. The molecule has 0 radical (unpaired) electrons. The van der Waals surface area contributed by atoms with Crippen LogP contribution in [0, 0.1) is 5.41 Å². The van der Waals surface area contributed by atoms with E-state index in [0.29, 0.717) is 0 Å².